The number of ether oxygens (including phenoxy) is 2. The molecule has 0 aromatic heterocycles. The van der Waals surface area contributed by atoms with E-state index < -0.39 is 0 Å². The second-order valence-corrected chi connectivity index (χ2v) is 3.49. The number of halogens is 1. The van der Waals surface area contributed by atoms with Crippen LogP contribution in [-0.2, 0) is 11.2 Å². The smallest absolute Gasteiger partial charge is 0.152 e. The normalized spacial score (nSPS) is 9.94. The van der Waals surface area contributed by atoms with Gasteiger partial charge in [-0.1, -0.05) is 6.07 Å². The summed E-state index contributed by atoms with van der Waals surface area (Å²) >= 11 is 5.50. The Labute approximate surface area is 100 Å². The van der Waals surface area contributed by atoms with Gasteiger partial charge in [0, 0.05) is 12.0 Å². The zero-order valence-electron chi connectivity index (χ0n) is 9.46. The van der Waals surface area contributed by atoms with Gasteiger partial charge in [0.05, 0.1) is 19.6 Å². The third-order valence-corrected chi connectivity index (χ3v) is 2.43. The zero-order valence-corrected chi connectivity index (χ0v) is 10.2. The van der Waals surface area contributed by atoms with E-state index in [1.165, 1.54) is 0 Å². The highest BCUT2D eigenvalue weighted by molar-refractivity contribution is 6.27. The molecule has 0 aliphatic rings. The minimum atomic E-state index is -0.0490. The molecule has 1 aromatic rings. The van der Waals surface area contributed by atoms with Crippen molar-refractivity contribution in [2.24, 2.45) is 0 Å². The molecule has 3 nitrogen and oxygen atoms in total. The van der Waals surface area contributed by atoms with Crippen LogP contribution in [0.3, 0.4) is 0 Å². The molecule has 0 N–H and O–H groups in total. The van der Waals surface area contributed by atoms with Crippen LogP contribution in [-0.4, -0.2) is 25.4 Å². The predicted molar refractivity (Wildman–Crippen MR) is 63.6 cm³/mol. The molecule has 0 amide bonds. The topological polar surface area (TPSA) is 35.5 Å². The first-order valence-corrected chi connectivity index (χ1v) is 5.62. The average molecular weight is 243 g/mol. The van der Waals surface area contributed by atoms with Gasteiger partial charge in [0.15, 0.2) is 5.78 Å². The van der Waals surface area contributed by atoms with E-state index in [4.69, 9.17) is 21.1 Å². The molecule has 4 heteroatoms. The van der Waals surface area contributed by atoms with E-state index in [9.17, 15) is 4.79 Å². The zero-order chi connectivity index (χ0) is 12.0. The highest BCUT2D eigenvalue weighted by Gasteiger charge is 2.13. The molecular weight excluding hydrogens is 228 g/mol. The molecule has 0 fully saturated rings. The quantitative estimate of drug-likeness (QED) is 0.719. The summed E-state index contributed by atoms with van der Waals surface area (Å²) in [5.41, 5.74) is 0.762. The van der Waals surface area contributed by atoms with Gasteiger partial charge in [-0.2, -0.15) is 0 Å². The highest BCUT2D eigenvalue weighted by atomic mass is 35.5. The largest absolute Gasteiger partial charge is 0.496 e. The van der Waals surface area contributed by atoms with Crippen LogP contribution in [0.1, 0.15) is 12.5 Å². The molecule has 88 valence electrons. The second-order valence-electron chi connectivity index (χ2n) is 3.22. The first-order chi connectivity index (χ1) is 7.72. The summed E-state index contributed by atoms with van der Waals surface area (Å²) in [4.78, 5) is 11.4. The molecule has 0 saturated heterocycles. The number of methoxy groups -OCH3 is 1. The Morgan fingerprint density at radius 1 is 1.38 bits per heavy atom. The van der Waals surface area contributed by atoms with Crippen LogP contribution in [0, 0.1) is 0 Å². The number of hydrogen-bond donors (Lipinski definition) is 0. The van der Waals surface area contributed by atoms with Crippen LogP contribution in [0.15, 0.2) is 18.2 Å². The molecule has 0 bridgehead atoms. The van der Waals surface area contributed by atoms with Gasteiger partial charge in [0.2, 0.25) is 0 Å². The maximum atomic E-state index is 11.4. The fraction of sp³-hybridized carbons (Fsp3) is 0.417. The van der Waals surface area contributed by atoms with Crippen LogP contribution in [0.2, 0.25) is 0 Å². The molecule has 16 heavy (non-hydrogen) atoms. The van der Waals surface area contributed by atoms with Gasteiger partial charge in [-0.05, 0) is 19.1 Å². The Balaban J connectivity index is 3.03. The minimum absolute atomic E-state index is 0.00358. The summed E-state index contributed by atoms with van der Waals surface area (Å²) in [5.74, 6) is 1.29. The van der Waals surface area contributed by atoms with Crippen molar-refractivity contribution >= 4 is 17.4 Å². The minimum Gasteiger partial charge on any atom is -0.496 e. The summed E-state index contributed by atoms with van der Waals surface area (Å²) < 4.78 is 10.7. The van der Waals surface area contributed by atoms with E-state index in [-0.39, 0.29) is 18.1 Å². The lowest BCUT2D eigenvalue weighted by atomic mass is 10.1. The number of benzene rings is 1. The summed E-state index contributed by atoms with van der Waals surface area (Å²) in [7, 11) is 1.57. The van der Waals surface area contributed by atoms with Crippen molar-refractivity contribution in [2.75, 3.05) is 19.6 Å². The first-order valence-electron chi connectivity index (χ1n) is 5.09. The summed E-state index contributed by atoms with van der Waals surface area (Å²) in [6.07, 6.45) is 0.239. The number of rotatable bonds is 6. The standard InChI is InChI=1S/C12H15ClO3/c1-3-16-12-6-4-5-11(15-2)10(12)7-9(14)8-13/h4-6H,3,7-8H2,1-2H3. The number of hydrogen-bond acceptors (Lipinski definition) is 3. The van der Waals surface area contributed by atoms with Gasteiger partial charge in [0.1, 0.15) is 11.5 Å². The van der Waals surface area contributed by atoms with Crippen LogP contribution in [0.25, 0.3) is 0 Å². The number of carbonyl (C=O) groups is 1. The van der Waals surface area contributed by atoms with E-state index in [0.29, 0.717) is 18.1 Å². The molecule has 0 radical (unpaired) electrons. The maximum absolute atomic E-state index is 11.4. The van der Waals surface area contributed by atoms with Crippen LogP contribution >= 0.6 is 11.6 Å². The van der Waals surface area contributed by atoms with Crippen LogP contribution in [0.5, 0.6) is 11.5 Å². The molecule has 0 aliphatic carbocycles. The second kappa shape index (κ2) is 6.38. The molecule has 1 rings (SSSR count). The Morgan fingerprint density at radius 3 is 2.62 bits per heavy atom. The highest BCUT2D eigenvalue weighted by Crippen LogP contribution is 2.29. The summed E-state index contributed by atoms with van der Waals surface area (Å²) in [5, 5.41) is 0. The van der Waals surface area contributed by atoms with Crippen molar-refractivity contribution in [1.82, 2.24) is 0 Å². The number of Topliss-reactive ketones (excluding diaryl/α,β-unsaturated/α-hetero) is 1. The maximum Gasteiger partial charge on any atom is 0.152 e. The average Bonchev–Trinajstić information content (AvgIpc) is 2.31. The predicted octanol–water partition coefficient (Wildman–Crippen LogP) is 2.44. The Hall–Kier alpha value is -1.22. The van der Waals surface area contributed by atoms with Gasteiger partial charge >= 0.3 is 0 Å². The van der Waals surface area contributed by atoms with Crippen LogP contribution in [0.4, 0.5) is 0 Å². The molecular formula is C12H15ClO3. The number of carbonyl (C=O) groups excluding carboxylic acids is 1. The summed E-state index contributed by atoms with van der Waals surface area (Å²) in [6.45, 7) is 2.45. The fourth-order valence-corrected chi connectivity index (χ4v) is 1.54. The monoisotopic (exact) mass is 242 g/mol. The lowest BCUT2D eigenvalue weighted by Crippen LogP contribution is -2.07. The molecule has 0 saturated carbocycles. The van der Waals surface area contributed by atoms with Crippen molar-refractivity contribution in [2.45, 2.75) is 13.3 Å². The number of ketones is 1. The third kappa shape index (κ3) is 3.14. The number of alkyl halides is 1. The van der Waals surface area contributed by atoms with Crippen molar-refractivity contribution in [1.29, 1.82) is 0 Å². The lowest BCUT2D eigenvalue weighted by Gasteiger charge is -2.13. The van der Waals surface area contributed by atoms with E-state index in [0.717, 1.165) is 5.56 Å². The lowest BCUT2D eigenvalue weighted by molar-refractivity contribution is -0.116. The van der Waals surface area contributed by atoms with Crippen molar-refractivity contribution < 1.29 is 14.3 Å². The van der Waals surface area contributed by atoms with Crippen LogP contribution < -0.4 is 9.47 Å². The Kier molecular flexibility index (Phi) is 5.12. The Morgan fingerprint density at radius 2 is 2.06 bits per heavy atom. The van der Waals surface area contributed by atoms with Gasteiger partial charge < -0.3 is 9.47 Å². The van der Waals surface area contributed by atoms with Gasteiger partial charge in [0.25, 0.3) is 0 Å². The van der Waals surface area contributed by atoms with Gasteiger partial charge in [-0.25, -0.2) is 0 Å². The van der Waals surface area contributed by atoms with Gasteiger partial charge in [-0.15, -0.1) is 11.6 Å². The fourth-order valence-electron chi connectivity index (χ4n) is 1.45. The van der Waals surface area contributed by atoms with E-state index in [1.807, 2.05) is 19.1 Å². The van der Waals surface area contributed by atoms with E-state index >= 15 is 0 Å². The molecule has 0 atom stereocenters. The Bertz CT molecular complexity index is 363. The molecule has 0 heterocycles. The summed E-state index contributed by atoms with van der Waals surface area (Å²) in [6, 6.07) is 5.46. The third-order valence-electron chi connectivity index (χ3n) is 2.13. The molecule has 1 aromatic carbocycles. The molecule has 0 aliphatic heterocycles. The van der Waals surface area contributed by atoms with E-state index in [2.05, 4.69) is 0 Å². The molecule has 0 spiro atoms. The van der Waals surface area contributed by atoms with E-state index in [1.54, 1.807) is 13.2 Å². The SMILES string of the molecule is CCOc1cccc(OC)c1CC(=O)CCl. The van der Waals surface area contributed by atoms with Crippen molar-refractivity contribution in [3.63, 3.8) is 0 Å². The first kappa shape index (κ1) is 12.8. The molecule has 0 unspecified atom stereocenters. The van der Waals surface area contributed by atoms with Gasteiger partial charge in [-0.3, -0.25) is 4.79 Å². The van der Waals surface area contributed by atoms with Crippen molar-refractivity contribution in [3.8, 4) is 11.5 Å². The van der Waals surface area contributed by atoms with Crippen molar-refractivity contribution in [3.05, 3.63) is 23.8 Å².